The predicted octanol–water partition coefficient (Wildman–Crippen LogP) is 4.50. The number of hydrogen-bond donors (Lipinski definition) is 1. The predicted molar refractivity (Wildman–Crippen MR) is 106 cm³/mol. The summed E-state index contributed by atoms with van der Waals surface area (Å²) in [7, 11) is 0. The Morgan fingerprint density at radius 1 is 1.04 bits per heavy atom. The van der Waals surface area contributed by atoms with E-state index in [2.05, 4.69) is 19.2 Å². The molecule has 0 heterocycles. The van der Waals surface area contributed by atoms with E-state index < -0.39 is 0 Å². The molecule has 0 unspecified atom stereocenters. The SMILES string of the molecule is CC(=O)N(CCC(=O)Nc1ccccc1C(C)C)Cc1ccc(C)cc1. The highest BCUT2D eigenvalue weighted by Gasteiger charge is 2.13. The first kappa shape index (κ1) is 19.7. The smallest absolute Gasteiger partial charge is 0.226 e. The molecule has 0 aliphatic rings. The van der Waals surface area contributed by atoms with Gasteiger partial charge in [0.25, 0.3) is 0 Å². The minimum absolute atomic E-state index is 0.0269. The summed E-state index contributed by atoms with van der Waals surface area (Å²) in [4.78, 5) is 26.0. The molecular formula is C22H28N2O2. The molecule has 4 heteroatoms. The zero-order chi connectivity index (χ0) is 19.1. The molecule has 0 saturated heterocycles. The number of hydrogen-bond acceptors (Lipinski definition) is 2. The van der Waals surface area contributed by atoms with Crippen LogP contribution >= 0.6 is 0 Å². The van der Waals surface area contributed by atoms with Gasteiger partial charge in [0.15, 0.2) is 0 Å². The van der Waals surface area contributed by atoms with Crippen LogP contribution in [0.1, 0.15) is 49.8 Å². The minimum atomic E-state index is -0.0757. The number of para-hydroxylation sites is 1. The van der Waals surface area contributed by atoms with Crippen molar-refractivity contribution in [3.8, 4) is 0 Å². The van der Waals surface area contributed by atoms with E-state index in [-0.39, 0.29) is 18.2 Å². The van der Waals surface area contributed by atoms with Gasteiger partial charge in [-0.05, 0) is 30.0 Å². The lowest BCUT2D eigenvalue weighted by atomic mass is 10.0. The average molecular weight is 352 g/mol. The van der Waals surface area contributed by atoms with Crippen molar-refractivity contribution in [2.24, 2.45) is 0 Å². The highest BCUT2D eigenvalue weighted by Crippen LogP contribution is 2.23. The maximum absolute atomic E-state index is 12.4. The number of carbonyl (C=O) groups is 2. The number of amides is 2. The van der Waals surface area contributed by atoms with Crippen molar-refractivity contribution < 1.29 is 9.59 Å². The van der Waals surface area contributed by atoms with Gasteiger partial charge in [-0.15, -0.1) is 0 Å². The van der Waals surface area contributed by atoms with Crippen LogP contribution < -0.4 is 5.32 Å². The van der Waals surface area contributed by atoms with Crippen LogP contribution in [-0.2, 0) is 16.1 Å². The molecule has 0 aromatic heterocycles. The fourth-order valence-corrected chi connectivity index (χ4v) is 2.83. The van der Waals surface area contributed by atoms with E-state index >= 15 is 0 Å². The van der Waals surface area contributed by atoms with Crippen LogP contribution in [0.2, 0.25) is 0 Å². The minimum Gasteiger partial charge on any atom is -0.338 e. The van der Waals surface area contributed by atoms with Crippen molar-refractivity contribution >= 4 is 17.5 Å². The van der Waals surface area contributed by atoms with E-state index in [0.29, 0.717) is 19.0 Å². The lowest BCUT2D eigenvalue weighted by Crippen LogP contribution is -2.31. The molecule has 0 atom stereocenters. The summed E-state index contributed by atoms with van der Waals surface area (Å²) in [5.41, 5.74) is 4.21. The highest BCUT2D eigenvalue weighted by molar-refractivity contribution is 5.92. The molecule has 0 radical (unpaired) electrons. The van der Waals surface area contributed by atoms with Gasteiger partial charge in [-0.25, -0.2) is 0 Å². The number of anilines is 1. The first-order chi connectivity index (χ1) is 12.4. The molecule has 2 aromatic rings. The summed E-state index contributed by atoms with van der Waals surface area (Å²) in [6, 6.07) is 15.9. The molecule has 0 fully saturated rings. The second-order valence-corrected chi connectivity index (χ2v) is 6.97. The van der Waals surface area contributed by atoms with Gasteiger partial charge in [0.05, 0.1) is 0 Å². The Kier molecular flexibility index (Phi) is 6.96. The van der Waals surface area contributed by atoms with Gasteiger partial charge in [0.2, 0.25) is 11.8 Å². The van der Waals surface area contributed by atoms with E-state index in [9.17, 15) is 9.59 Å². The Bertz CT molecular complexity index is 751. The summed E-state index contributed by atoms with van der Waals surface area (Å²) >= 11 is 0. The molecule has 0 saturated carbocycles. The van der Waals surface area contributed by atoms with E-state index in [1.54, 1.807) is 11.8 Å². The maximum atomic E-state index is 12.4. The van der Waals surface area contributed by atoms with Gasteiger partial charge >= 0.3 is 0 Å². The van der Waals surface area contributed by atoms with Crippen LogP contribution in [0.3, 0.4) is 0 Å². The summed E-state index contributed by atoms with van der Waals surface area (Å²) < 4.78 is 0. The third-order valence-corrected chi connectivity index (χ3v) is 4.41. The van der Waals surface area contributed by atoms with Gasteiger partial charge in [0, 0.05) is 32.1 Å². The Labute approximate surface area is 156 Å². The van der Waals surface area contributed by atoms with Crippen molar-refractivity contribution in [1.29, 1.82) is 0 Å². The molecule has 1 N–H and O–H groups in total. The van der Waals surface area contributed by atoms with Gasteiger partial charge in [-0.1, -0.05) is 61.9 Å². The number of aryl methyl sites for hydroxylation is 1. The number of benzene rings is 2. The van der Waals surface area contributed by atoms with E-state index in [0.717, 1.165) is 16.8 Å². The molecule has 0 spiro atoms. The summed E-state index contributed by atoms with van der Waals surface area (Å²) in [5.74, 6) is 0.232. The Balaban J connectivity index is 1.95. The molecule has 4 nitrogen and oxygen atoms in total. The summed E-state index contributed by atoms with van der Waals surface area (Å²) in [5, 5.41) is 2.98. The monoisotopic (exact) mass is 352 g/mol. The van der Waals surface area contributed by atoms with E-state index in [1.807, 2.05) is 55.5 Å². The molecule has 26 heavy (non-hydrogen) atoms. The summed E-state index contributed by atoms with van der Waals surface area (Å²) in [6.45, 7) is 8.70. The number of carbonyl (C=O) groups excluding carboxylic acids is 2. The largest absolute Gasteiger partial charge is 0.338 e. The molecular weight excluding hydrogens is 324 g/mol. The van der Waals surface area contributed by atoms with Crippen LogP contribution in [0.4, 0.5) is 5.69 Å². The van der Waals surface area contributed by atoms with Gasteiger partial charge < -0.3 is 10.2 Å². The van der Waals surface area contributed by atoms with Crippen molar-refractivity contribution in [1.82, 2.24) is 4.90 Å². The van der Waals surface area contributed by atoms with Crippen molar-refractivity contribution in [3.63, 3.8) is 0 Å². The maximum Gasteiger partial charge on any atom is 0.226 e. The normalized spacial score (nSPS) is 10.7. The third kappa shape index (κ3) is 5.73. The van der Waals surface area contributed by atoms with Crippen LogP contribution in [-0.4, -0.2) is 23.3 Å². The molecule has 2 amide bonds. The average Bonchev–Trinajstić information content (AvgIpc) is 2.60. The topological polar surface area (TPSA) is 49.4 Å². The third-order valence-electron chi connectivity index (χ3n) is 4.41. The highest BCUT2D eigenvalue weighted by atomic mass is 16.2. The number of nitrogens with zero attached hydrogens (tertiary/aromatic N) is 1. The van der Waals surface area contributed by atoms with Crippen molar-refractivity contribution in [2.45, 2.75) is 46.6 Å². The van der Waals surface area contributed by atoms with E-state index in [4.69, 9.17) is 0 Å². The number of rotatable bonds is 7. The standard InChI is InChI=1S/C22H28N2O2/c1-16(2)20-7-5-6-8-21(20)23-22(26)13-14-24(18(4)25)15-19-11-9-17(3)10-12-19/h5-12,16H,13-15H2,1-4H3,(H,23,26). The second-order valence-electron chi connectivity index (χ2n) is 6.97. The lowest BCUT2D eigenvalue weighted by molar-refractivity contribution is -0.129. The Morgan fingerprint density at radius 3 is 2.31 bits per heavy atom. The van der Waals surface area contributed by atoms with Gasteiger partial charge in [-0.3, -0.25) is 9.59 Å². The quantitative estimate of drug-likeness (QED) is 0.798. The van der Waals surface area contributed by atoms with Crippen LogP contribution in [0, 0.1) is 6.92 Å². The number of nitrogens with one attached hydrogen (secondary N) is 1. The molecule has 2 rings (SSSR count). The first-order valence-electron chi connectivity index (χ1n) is 9.06. The van der Waals surface area contributed by atoms with Crippen LogP contribution in [0.15, 0.2) is 48.5 Å². The van der Waals surface area contributed by atoms with Gasteiger partial charge in [0.1, 0.15) is 0 Å². The zero-order valence-corrected chi connectivity index (χ0v) is 16.1. The summed E-state index contributed by atoms with van der Waals surface area (Å²) in [6.07, 6.45) is 0.276. The fraction of sp³-hybridized carbons (Fsp3) is 0.364. The second kappa shape index (κ2) is 9.18. The molecule has 2 aromatic carbocycles. The Hall–Kier alpha value is -2.62. The molecule has 0 aliphatic carbocycles. The van der Waals surface area contributed by atoms with Crippen molar-refractivity contribution in [3.05, 3.63) is 65.2 Å². The first-order valence-corrected chi connectivity index (χ1v) is 9.06. The zero-order valence-electron chi connectivity index (χ0n) is 16.1. The lowest BCUT2D eigenvalue weighted by Gasteiger charge is -2.21. The molecule has 0 aliphatic heterocycles. The van der Waals surface area contributed by atoms with Gasteiger partial charge in [-0.2, -0.15) is 0 Å². The Morgan fingerprint density at radius 2 is 1.69 bits per heavy atom. The van der Waals surface area contributed by atoms with Crippen LogP contribution in [0.25, 0.3) is 0 Å². The fourth-order valence-electron chi connectivity index (χ4n) is 2.83. The molecule has 0 bridgehead atoms. The van der Waals surface area contributed by atoms with Crippen molar-refractivity contribution in [2.75, 3.05) is 11.9 Å². The molecule has 138 valence electrons. The van der Waals surface area contributed by atoms with E-state index in [1.165, 1.54) is 5.56 Å². The van der Waals surface area contributed by atoms with Crippen LogP contribution in [0.5, 0.6) is 0 Å².